The molecule has 0 saturated heterocycles. The summed E-state index contributed by atoms with van der Waals surface area (Å²) >= 11 is 0. The van der Waals surface area contributed by atoms with Gasteiger partial charge < -0.3 is 19.8 Å². The molecule has 0 aromatic carbocycles. The highest BCUT2D eigenvalue weighted by Crippen LogP contribution is 2.56. The SMILES string of the molecule is O[C@@]12CC3C[C@H](C1)[C@H](Nc1c(-c4nnco4)cnc4[nH]ccc14)[C@@H](C3)C2. The maximum absolute atomic E-state index is 10.9. The summed E-state index contributed by atoms with van der Waals surface area (Å²) in [6.07, 6.45) is 10.3. The molecule has 4 fully saturated rings. The second-order valence-electron chi connectivity index (χ2n) is 8.40. The maximum atomic E-state index is 10.9. The molecule has 134 valence electrons. The topological polar surface area (TPSA) is 99.9 Å². The van der Waals surface area contributed by atoms with E-state index in [1.165, 1.54) is 19.2 Å². The number of nitrogens with zero attached hydrogens (tertiary/aromatic N) is 3. The third-order valence-electron chi connectivity index (χ3n) is 6.73. The Morgan fingerprint density at radius 1 is 1.23 bits per heavy atom. The van der Waals surface area contributed by atoms with Crippen LogP contribution in [-0.4, -0.2) is 36.9 Å². The summed E-state index contributed by atoms with van der Waals surface area (Å²) < 4.78 is 5.46. The van der Waals surface area contributed by atoms with E-state index >= 15 is 0 Å². The van der Waals surface area contributed by atoms with E-state index in [2.05, 4.69) is 25.5 Å². The molecule has 0 amide bonds. The summed E-state index contributed by atoms with van der Waals surface area (Å²) in [5.41, 5.74) is 2.26. The number of aliphatic hydroxyl groups is 1. The lowest BCUT2D eigenvalue weighted by Gasteiger charge is -2.58. The number of aromatic nitrogens is 4. The molecule has 0 spiro atoms. The van der Waals surface area contributed by atoms with Crippen molar-refractivity contribution in [3.05, 3.63) is 24.9 Å². The lowest BCUT2D eigenvalue weighted by Crippen LogP contribution is -2.59. The minimum Gasteiger partial charge on any atom is -0.423 e. The zero-order valence-corrected chi connectivity index (χ0v) is 14.4. The molecule has 1 unspecified atom stereocenters. The largest absolute Gasteiger partial charge is 0.423 e. The van der Waals surface area contributed by atoms with E-state index in [0.29, 0.717) is 29.7 Å². The van der Waals surface area contributed by atoms with Gasteiger partial charge in [-0.25, -0.2) is 4.98 Å². The number of H-pyrrole nitrogens is 1. The number of nitrogens with one attached hydrogen (secondary N) is 2. The molecule has 3 heterocycles. The molecule has 5 atom stereocenters. The Labute approximate surface area is 150 Å². The average Bonchev–Trinajstić information content (AvgIpc) is 3.27. The van der Waals surface area contributed by atoms with Crippen molar-refractivity contribution in [3.8, 4) is 11.5 Å². The first-order valence-corrected chi connectivity index (χ1v) is 9.40. The second-order valence-corrected chi connectivity index (χ2v) is 8.40. The average molecular weight is 351 g/mol. The lowest BCUT2D eigenvalue weighted by molar-refractivity contribution is -0.129. The molecule has 7 nitrogen and oxygen atoms in total. The van der Waals surface area contributed by atoms with Crippen molar-refractivity contribution in [2.45, 2.75) is 43.7 Å². The zero-order valence-electron chi connectivity index (χ0n) is 14.4. The molecule has 4 aliphatic carbocycles. The van der Waals surface area contributed by atoms with Gasteiger partial charge in [0.05, 0.1) is 16.9 Å². The van der Waals surface area contributed by atoms with Gasteiger partial charge in [-0.2, -0.15) is 0 Å². The Hall–Kier alpha value is -2.41. The van der Waals surface area contributed by atoms with E-state index in [1.807, 2.05) is 12.3 Å². The van der Waals surface area contributed by atoms with Crippen LogP contribution < -0.4 is 5.32 Å². The molecular formula is C19H21N5O2. The molecule has 3 aromatic rings. The molecule has 3 aromatic heterocycles. The van der Waals surface area contributed by atoms with Crippen LogP contribution in [0.5, 0.6) is 0 Å². The van der Waals surface area contributed by atoms with Gasteiger partial charge in [0.25, 0.3) is 5.89 Å². The van der Waals surface area contributed by atoms with Crippen molar-refractivity contribution in [3.63, 3.8) is 0 Å². The number of rotatable bonds is 3. The van der Waals surface area contributed by atoms with Crippen LogP contribution in [0.4, 0.5) is 5.69 Å². The van der Waals surface area contributed by atoms with Gasteiger partial charge in [-0.1, -0.05) is 0 Å². The molecule has 7 heteroatoms. The van der Waals surface area contributed by atoms with Crippen molar-refractivity contribution in [1.82, 2.24) is 20.2 Å². The van der Waals surface area contributed by atoms with Crippen LogP contribution in [-0.2, 0) is 0 Å². The minimum atomic E-state index is -0.425. The van der Waals surface area contributed by atoms with Crippen molar-refractivity contribution >= 4 is 16.7 Å². The Morgan fingerprint density at radius 2 is 2.08 bits per heavy atom. The molecule has 4 aliphatic rings. The summed E-state index contributed by atoms with van der Waals surface area (Å²) in [5, 5.41) is 23.6. The van der Waals surface area contributed by atoms with Crippen molar-refractivity contribution in [2.75, 3.05) is 5.32 Å². The van der Waals surface area contributed by atoms with E-state index in [1.54, 1.807) is 6.20 Å². The van der Waals surface area contributed by atoms with Gasteiger partial charge in [-0.05, 0) is 55.9 Å². The summed E-state index contributed by atoms with van der Waals surface area (Å²) in [7, 11) is 0. The Bertz CT molecular complexity index is 950. The molecule has 0 aliphatic heterocycles. The predicted molar refractivity (Wildman–Crippen MR) is 95.3 cm³/mol. The van der Waals surface area contributed by atoms with E-state index in [-0.39, 0.29) is 0 Å². The molecule has 4 bridgehead atoms. The number of aromatic amines is 1. The molecule has 3 N–H and O–H groups in total. The van der Waals surface area contributed by atoms with Crippen molar-refractivity contribution < 1.29 is 9.52 Å². The van der Waals surface area contributed by atoms with Gasteiger partial charge in [-0.3, -0.25) is 0 Å². The predicted octanol–water partition coefficient (Wildman–Crippen LogP) is 2.96. The summed E-state index contributed by atoms with van der Waals surface area (Å²) in [6.45, 7) is 0. The smallest absolute Gasteiger partial charge is 0.251 e. The van der Waals surface area contributed by atoms with Crippen LogP contribution in [0, 0.1) is 17.8 Å². The third-order valence-corrected chi connectivity index (χ3v) is 6.73. The Kier molecular flexibility index (Phi) is 2.87. The molecular weight excluding hydrogens is 330 g/mol. The summed E-state index contributed by atoms with van der Waals surface area (Å²) in [5.74, 6) is 2.20. The van der Waals surface area contributed by atoms with Crippen molar-refractivity contribution in [1.29, 1.82) is 0 Å². The van der Waals surface area contributed by atoms with E-state index in [0.717, 1.165) is 41.5 Å². The monoisotopic (exact) mass is 351 g/mol. The van der Waals surface area contributed by atoms with Crippen LogP contribution in [0.25, 0.3) is 22.5 Å². The molecule has 26 heavy (non-hydrogen) atoms. The number of fused-ring (bicyclic) bond motifs is 1. The Balaban J connectivity index is 1.43. The highest BCUT2D eigenvalue weighted by molar-refractivity contribution is 5.97. The maximum Gasteiger partial charge on any atom is 0.251 e. The van der Waals surface area contributed by atoms with Crippen LogP contribution in [0.1, 0.15) is 32.1 Å². The number of anilines is 1. The lowest BCUT2D eigenvalue weighted by atomic mass is 9.52. The third kappa shape index (κ3) is 2.06. The fourth-order valence-corrected chi connectivity index (χ4v) is 6.00. The summed E-state index contributed by atoms with van der Waals surface area (Å²) in [4.78, 5) is 7.67. The minimum absolute atomic E-state index is 0.369. The first kappa shape index (κ1) is 14.7. The standard InChI is InChI=1S/C19H21N5O2/c25-19-5-10-3-11(6-19)15(12(4-10)7-19)23-16-13-1-2-20-17(13)21-8-14(16)18-24-22-9-26-18/h1-2,8-12,15,25H,3-7H2,(H2,20,21,23)/t10?,11-,12+,15+,19+. The van der Waals surface area contributed by atoms with Crippen LogP contribution in [0.3, 0.4) is 0 Å². The fourth-order valence-electron chi connectivity index (χ4n) is 6.00. The second kappa shape index (κ2) is 5.07. The van der Waals surface area contributed by atoms with E-state index in [9.17, 15) is 5.11 Å². The number of hydrogen-bond acceptors (Lipinski definition) is 6. The van der Waals surface area contributed by atoms with Gasteiger partial charge in [0, 0.05) is 23.8 Å². The molecule has 0 radical (unpaired) electrons. The van der Waals surface area contributed by atoms with Gasteiger partial charge >= 0.3 is 0 Å². The van der Waals surface area contributed by atoms with Gasteiger partial charge in [-0.15, -0.1) is 10.2 Å². The first-order valence-electron chi connectivity index (χ1n) is 9.40. The van der Waals surface area contributed by atoms with Crippen LogP contribution >= 0.6 is 0 Å². The highest BCUT2D eigenvalue weighted by atomic mass is 16.4. The molecule has 4 saturated carbocycles. The first-order chi connectivity index (χ1) is 12.7. The van der Waals surface area contributed by atoms with Crippen molar-refractivity contribution in [2.24, 2.45) is 17.8 Å². The van der Waals surface area contributed by atoms with Crippen LogP contribution in [0.15, 0.2) is 29.3 Å². The van der Waals surface area contributed by atoms with Gasteiger partial charge in [0.2, 0.25) is 6.39 Å². The van der Waals surface area contributed by atoms with Gasteiger partial charge in [0.1, 0.15) is 5.65 Å². The Morgan fingerprint density at radius 3 is 2.81 bits per heavy atom. The van der Waals surface area contributed by atoms with E-state index in [4.69, 9.17) is 4.42 Å². The zero-order chi connectivity index (χ0) is 17.3. The van der Waals surface area contributed by atoms with E-state index < -0.39 is 5.60 Å². The quantitative estimate of drug-likeness (QED) is 0.671. The van der Waals surface area contributed by atoms with Gasteiger partial charge in [0.15, 0.2) is 0 Å². The fraction of sp³-hybridized carbons (Fsp3) is 0.526. The normalized spacial score (nSPS) is 35.3. The number of pyridine rings is 1. The molecule has 7 rings (SSSR count). The highest BCUT2D eigenvalue weighted by Gasteiger charge is 2.54. The summed E-state index contributed by atoms with van der Waals surface area (Å²) in [6, 6.07) is 2.41. The number of hydrogen-bond donors (Lipinski definition) is 3. The van der Waals surface area contributed by atoms with Crippen LogP contribution in [0.2, 0.25) is 0 Å².